The molecule has 4 nitrogen and oxygen atoms in total. The molecule has 0 heterocycles. The highest BCUT2D eigenvalue weighted by Gasteiger charge is 2.17. The molecule has 0 rings (SSSR count). The van der Waals surface area contributed by atoms with E-state index in [0.29, 0.717) is 0 Å². The van der Waals surface area contributed by atoms with Gasteiger partial charge in [-0.05, 0) is 0 Å². The zero-order valence-corrected chi connectivity index (χ0v) is 7.03. The third-order valence-electron chi connectivity index (χ3n) is 0.904. The van der Waals surface area contributed by atoms with Gasteiger partial charge in [0.2, 0.25) is 0 Å². The molecule has 0 aliphatic heterocycles. The second-order valence-corrected chi connectivity index (χ2v) is 3.26. The summed E-state index contributed by atoms with van der Waals surface area (Å²) in [6.45, 7) is -1.96. The van der Waals surface area contributed by atoms with Gasteiger partial charge in [0.25, 0.3) is 0 Å². The smallest absolute Gasteiger partial charge is 0.306 e. The Morgan fingerprint density at radius 3 is 2.36 bits per heavy atom. The van der Waals surface area contributed by atoms with Gasteiger partial charge in [0.15, 0.2) is 0 Å². The van der Waals surface area contributed by atoms with Crippen molar-refractivity contribution in [2.45, 2.75) is 12.5 Å². The van der Waals surface area contributed by atoms with Gasteiger partial charge in [-0.25, -0.2) is 0 Å². The molecular weight excluding hydrogens is 146 g/mol. The molecule has 0 bridgehead atoms. The van der Waals surface area contributed by atoms with E-state index in [0.717, 1.165) is 0 Å². The Hall–Kier alpha value is -0.610. The van der Waals surface area contributed by atoms with Crippen molar-refractivity contribution in [2.24, 2.45) is 0 Å². The molecule has 0 aliphatic rings. The van der Waals surface area contributed by atoms with Crippen molar-refractivity contribution in [1.82, 2.24) is 0 Å². The standard InChI is InChI=1S/C7H15NO3/c1-8(2,3)5-6(9)4-7(10)11/h6,9H,4-5H2,1-3H3/p+1/t6-/m1/s1/i5D2. The van der Waals surface area contributed by atoms with E-state index in [1.165, 1.54) is 0 Å². The molecular formula is C7H16NO3+. The van der Waals surface area contributed by atoms with Crippen LogP contribution in [0.1, 0.15) is 9.16 Å². The molecule has 0 fully saturated rings. The first-order chi connectivity index (χ1) is 5.59. The average molecular weight is 164 g/mol. The van der Waals surface area contributed by atoms with Crippen LogP contribution in [0.5, 0.6) is 0 Å². The Balaban J connectivity index is 4.54. The number of hydrogen-bond donors (Lipinski definition) is 2. The molecule has 0 unspecified atom stereocenters. The molecule has 1 atom stereocenters. The number of carboxylic acid groups (broad SMARTS) is 1. The highest BCUT2D eigenvalue weighted by Crippen LogP contribution is 1.98. The van der Waals surface area contributed by atoms with E-state index in [-0.39, 0.29) is 4.48 Å². The SMILES string of the molecule is [2H]C([2H])([C@H](O)CC(=O)O)[N+](C)(C)C. The minimum Gasteiger partial charge on any atom is -0.481 e. The van der Waals surface area contributed by atoms with Crippen molar-refractivity contribution in [3.05, 3.63) is 0 Å². The van der Waals surface area contributed by atoms with Gasteiger partial charge in [0.05, 0.1) is 30.3 Å². The summed E-state index contributed by atoms with van der Waals surface area (Å²) in [5, 5.41) is 17.7. The Labute approximate surface area is 69.5 Å². The summed E-state index contributed by atoms with van der Waals surface area (Å²) >= 11 is 0. The van der Waals surface area contributed by atoms with Crippen molar-refractivity contribution >= 4 is 5.97 Å². The molecule has 0 aromatic rings. The van der Waals surface area contributed by atoms with Crippen LogP contribution in [0, 0.1) is 0 Å². The first-order valence-corrected chi connectivity index (χ1v) is 3.30. The van der Waals surface area contributed by atoms with Crippen molar-refractivity contribution in [3.8, 4) is 0 Å². The topological polar surface area (TPSA) is 57.5 Å². The van der Waals surface area contributed by atoms with Crippen LogP contribution in [0.25, 0.3) is 0 Å². The van der Waals surface area contributed by atoms with Crippen LogP contribution >= 0.6 is 0 Å². The average Bonchev–Trinajstić information content (AvgIpc) is 1.82. The number of quaternary nitrogens is 1. The van der Waals surface area contributed by atoms with E-state index in [4.69, 9.17) is 7.85 Å². The number of nitrogens with zero attached hydrogens (tertiary/aromatic N) is 1. The van der Waals surface area contributed by atoms with Gasteiger partial charge < -0.3 is 14.7 Å². The maximum Gasteiger partial charge on any atom is 0.306 e. The number of aliphatic carboxylic acids is 1. The van der Waals surface area contributed by atoms with E-state index in [9.17, 15) is 9.90 Å². The number of carbonyl (C=O) groups is 1. The van der Waals surface area contributed by atoms with E-state index in [1.54, 1.807) is 21.1 Å². The van der Waals surface area contributed by atoms with Crippen LogP contribution in [0.3, 0.4) is 0 Å². The molecule has 0 aliphatic carbocycles. The maximum atomic E-state index is 10.2. The maximum absolute atomic E-state index is 10.2. The van der Waals surface area contributed by atoms with Gasteiger partial charge in [-0.2, -0.15) is 0 Å². The minimum absolute atomic E-state index is 0.137. The van der Waals surface area contributed by atoms with Gasteiger partial charge in [0.1, 0.15) is 12.6 Å². The third kappa shape index (κ3) is 7.29. The summed E-state index contributed by atoms with van der Waals surface area (Å²) in [7, 11) is 4.68. The molecule has 0 saturated carbocycles. The molecule has 0 aromatic heterocycles. The van der Waals surface area contributed by atoms with Crippen LogP contribution < -0.4 is 0 Å². The minimum atomic E-state index is -1.96. The normalized spacial score (nSPS) is 18.5. The van der Waals surface area contributed by atoms with Gasteiger partial charge in [0, 0.05) is 0 Å². The fourth-order valence-electron chi connectivity index (χ4n) is 0.658. The zero-order chi connectivity index (χ0) is 10.9. The second-order valence-electron chi connectivity index (χ2n) is 3.26. The van der Waals surface area contributed by atoms with E-state index < -0.39 is 25.0 Å². The summed E-state index contributed by atoms with van der Waals surface area (Å²) < 4.78 is 14.9. The fraction of sp³-hybridized carbons (Fsp3) is 0.857. The number of carboxylic acids is 1. The highest BCUT2D eigenvalue weighted by molar-refractivity contribution is 5.67. The number of aliphatic hydroxyl groups excluding tert-OH is 1. The highest BCUT2D eigenvalue weighted by atomic mass is 16.4. The zero-order valence-electron chi connectivity index (χ0n) is 9.03. The Bertz CT molecular complexity index is 200. The fourth-order valence-corrected chi connectivity index (χ4v) is 0.658. The molecule has 4 heteroatoms. The summed E-state index contributed by atoms with van der Waals surface area (Å²) in [6, 6.07) is 0. The first-order valence-electron chi connectivity index (χ1n) is 4.30. The quantitative estimate of drug-likeness (QED) is 0.552. The number of likely N-dealkylation sites (N-methyl/N-ethyl adjacent to an activating group) is 1. The Kier molecular flexibility index (Phi) is 2.37. The molecule has 0 aromatic carbocycles. The van der Waals surface area contributed by atoms with E-state index in [2.05, 4.69) is 0 Å². The predicted molar refractivity (Wildman–Crippen MR) is 41.2 cm³/mol. The lowest BCUT2D eigenvalue weighted by Crippen LogP contribution is -2.42. The van der Waals surface area contributed by atoms with Gasteiger partial charge >= 0.3 is 5.97 Å². The van der Waals surface area contributed by atoms with E-state index in [1.807, 2.05) is 0 Å². The number of rotatable bonds is 4. The second kappa shape index (κ2) is 3.69. The molecule has 2 N–H and O–H groups in total. The van der Waals surface area contributed by atoms with Crippen molar-refractivity contribution in [3.63, 3.8) is 0 Å². The van der Waals surface area contributed by atoms with Crippen molar-refractivity contribution < 1.29 is 22.2 Å². The third-order valence-corrected chi connectivity index (χ3v) is 0.904. The summed E-state index contributed by atoms with van der Waals surface area (Å²) in [5.41, 5.74) is 0. The molecule has 0 saturated heterocycles. The summed E-state index contributed by atoms with van der Waals surface area (Å²) in [6.07, 6.45) is -2.08. The van der Waals surface area contributed by atoms with Crippen molar-refractivity contribution in [2.75, 3.05) is 27.6 Å². The first kappa shape index (κ1) is 7.06. The van der Waals surface area contributed by atoms with Crippen molar-refractivity contribution in [1.29, 1.82) is 0 Å². The lowest BCUT2D eigenvalue weighted by atomic mass is 10.2. The molecule has 0 radical (unpaired) electrons. The largest absolute Gasteiger partial charge is 0.481 e. The van der Waals surface area contributed by atoms with Crippen LogP contribution in [0.15, 0.2) is 0 Å². The van der Waals surface area contributed by atoms with Crippen LogP contribution in [-0.4, -0.2) is 54.4 Å². The summed E-state index contributed by atoms with van der Waals surface area (Å²) in [4.78, 5) is 10.2. The lowest BCUT2D eigenvalue weighted by Gasteiger charge is -2.25. The van der Waals surface area contributed by atoms with Gasteiger partial charge in [-0.15, -0.1) is 0 Å². The number of aliphatic hydroxyl groups is 1. The Morgan fingerprint density at radius 1 is 1.64 bits per heavy atom. The van der Waals surface area contributed by atoms with E-state index >= 15 is 0 Å². The monoisotopic (exact) mass is 164 g/mol. The molecule has 11 heavy (non-hydrogen) atoms. The predicted octanol–water partition coefficient (Wildman–Crippen LogP) is -0.472. The number of hydrogen-bond acceptors (Lipinski definition) is 2. The van der Waals surface area contributed by atoms with Crippen LogP contribution in [0.2, 0.25) is 0 Å². The molecule has 0 amide bonds. The van der Waals surface area contributed by atoms with Crippen LogP contribution in [-0.2, 0) is 4.79 Å². The Morgan fingerprint density at radius 2 is 2.09 bits per heavy atom. The van der Waals surface area contributed by atoms with Gasteiger partial charge in [-0.3, -0.25) is 4.79 Å². The van der Waals surface area contributed by atoms with Gasteiger partial charge in [-0.1, -0.05) is 0 Å². The summed E-state index contributed by atoms with van der Waals surface area (Å²) in [5.74, 6) is -1.20. The molecule has 66 valence electrons. The lowest BCUT2D eigenvalue weighted by molar-refractivity contribution is -0.873. The van der Waals surface area contributed by atoms with Crippen LogP contribution in [0.4, 0.5) is 0 Å². The molecule has 0 spiro atoms.